The van der Waals surface area contributed by atoms with Crippen molar-refractivity contribution in [2.75, 3.05) is 6.54 Å². The molecule has 3 heterocycles. The summed E-state index contributed by atoms with van der Waals surface area (Å²) in [5.74, 6) is 0.0997. The number of nitrogens with zero attached hydrogens (tertiary/aromatic N) is 4. The largest absolute Gasteiger partial charge is 0.347 e. The minimum Gasteiger partial charge on any atom is -0.347 e. The number of carbonyl (C=O) groups excluding carboxylic acids is 2. The summed E-state index contributed by atoms with van der Waals surface area (Å²) >= 11 is 0. The van der Waals surface area contributed by atoms with E-state index in [1.54, 1.807) is 4.68 Å². The zero-order valence-corrected chi connectivity index (χ0v) is 17.3. The molecule has 1 saturated heterocycles. The van der Waals surface area contributed by atoms with Crippen LogP contribution in [0.1, 0.15) is 68.7 Å². The minimum atomic E-state index is -0.245. The lowest BCUT2D eigenvalue weighted by Crippen LogP contribution is -2.44. The Balaban J connectivity index is 1.93. The third kappa shape index (κ3) is 3.55. The molecule has 0 saturated carbocycles. The molecule has 0 aliphatic carbocycles. The van der Waals surface area contributed by atoms with E-state index in [-0.39, 0.29) is 29.3 Å². The highest BCUT2D eigenvalue weighted by molar-refractivity contribution is 6.07. The number of aryl methyl sites for hydroxylation is 2. The molecule has 7 heteroatoms. The maximum atomic E-state index is 13.1. The molecule has 1 aliphatic heterocycles. The van der Waals surface area contributed by atoms with Crippen molar-refractivity contribution in [3.63, 3.8) is 0 Å². The van der Waals surface area contributed by atoms with Crippen LogP contribution in [0.15, 0.2) is 6.07 Å². The van der Waals surface area contributed by atoms with E-state index in [0.717, 1.165) is 16.8 Å². The zero-order valence-electron chi connectivity index (χ0n) is 17.3. The highest BCUT2D eigenvalue weighted by Crippen LogP contribution is 2.26. The Hall–Kier alpha value is -2.44. The number of hydrogen-bond acceptors (Lipinski definition) is 4. The normalized spacial score (nSPS) is 18.0. The molecule has 1 fully saturated rings. The molecule has 0 aromatic carbocycles. The van der Waals surface area contributed by atoms with Crippen LogP contribution >= 0.6 is 0 Å². The molecule has 2 amide bonds. The van der Waals surface area contributed by atoms with Gasteiger partial charge in [-0.15, -0.1) is 0 Å². The summed E-state index contributed by atoms with van der Waals surface area (Å²) in [4.78, 5) is 31.9. The average molecular weight is 371 g/mol. The van der Waals surface area contributed by atoms with E-state index in [1.165, 1.54) is 0 Å². The molecule has 3 rings (SSSR count). The van der Waals surface area contributed by atoms with Gasteiger partial charge in [-0.1, -0.05) is 13.8 Å². The molecule has 0 spiro atoms. The van der Waals surface area contributed by atoms with Crippen LogP contribution in [0.5, 0.6) is 0 Å². The van der Waals surface area contributed by atoms with Gasteiger partial charge < -0.3 is 10.2 Å². The molecule has 7 nitrogen and oxygen atoms in total. The minimum absolute atomic E-state index is 0.0769. The van der Waals surface area contributed by atoms with Crippen molar-refractivity contribution in [1.82, 2.24) is 25.0 Å². The molecule has 2 aromatic heterocycles. The number of aromatic nitrogens is 3. The van der Waals surface area contributed by atoms with Gasteiger partial charge >= 0.3 is 0 Å². The molecule has 1 aliphatic rings. The van der Waals surface area contributed by atoms with Crippen LogP contribution < -0.4 is 5.32 Å². The van der Waals surface area contributed by atoms with Gasteiger partial charge in [-0.05, 0) is 39.7 Å². The number of amides is 2. The van der Waals surface area contributed by atoms with Gasteiger partial charge in [0.25, 0.3) is 5.91 Å². The Kier molecular flexibility index (Phi) is 4.74. The van der Waals surface area contributed by atoms with E-state index in [2.05, 4.69) is 29.2 Å². The van der Waals surface area contributed by atoms with Crippen molar-refractivity contribution in [2.45, 2.75) is 65.5 Å². The fraction of sp³-hybridized carbons (Fsp3) is 0.600. The van der Waals surface area contributed by atoms with Crippen LogP contribution in [0.25, 0.3) is 11.0 Å². The number of fused-ring (bicyclic) bond motifs is 1. The zero-order chi connectivity index (χ0) is 20.1. The highest BCUT2D eigenvalue weighted by atomic mass is 16.2. The van der Waals surface area contributed by atoms with E-state index in [4.69, 9.17) is 0 Å². The lowest BCUT2D eigenvalue weighted by Gasteiger charge is -2.32. The molecule has 1 unspecified atom stereocenters. The van der Waals surface area contributed by atoms with Crippen LogP contribution in [0.4, 0.5) is 0 Å². The van der Waals surface area contributed by atoms with Crippen molar-refractivity contribution >= 4 is 22.8 Å². The molecule has 2 aromatic rings. The lowest BCUT2D eigenvalue weighted by atomic mass is 10.0. The molecule has 0 bridgehead atoms. The van der Waals surface area contributed by atoms with E-state index in [0.29, 0.717) is 24.2 Å². The first-order valence-corrected chi connectivity index (χ1v) is 9.44. The molecule has 27 heavy (non-hydrogen) atoms. The smallest absolute Gasteiger partial charge is 0.252 e. The van der Waals surface area contributed by atoms with Crippen molar-refractivity contribution in [2.24, 2.45) is 7.05 Å². The van der Waals surface area contributed by atoms with E-state index >= 15 is 0 Å². The van der Waals surface area contributed by atoms with E-state index in [1.807, 2.05) is 45.7 Å². The van der Waals surface area contributed by atoms with Crippen molar-refractivity contribution in [1.29, 1.82) is 0 Å². The Morgan fingerprint density at radius 2 is 2.00 bits per heavy atom. The second kappa shape index (κ2) is 6.62. The molecule has 1 atom stereocenters. The second-order valence-electron chi connectivity index (χ2n) is 8.71. The van der Waals surface area contributed by atoms with Gasteiger partial charge in [0.2, 0.25) is 5.91 Å². The summed E-state index contributed by atoms with van der Waals surface area (Å²) in [7, 11) is 1.84. The Labute approximate surface area is 160 Å². The van der Waals surface area contributed by atoms with Crippen LogP contribution in [0.3, 0.4) is 0 Å². The van der Waals surface area contributed by atoms with Crippen molar-refractivity contribution in [3.05, 3.63) is 23.0 Å². The predicted molar refractivity (Wildman–Crippen MR) is 105 cm³/mol. The molecule has 146 valence electrons. The van der Waals surface area contributed by atoms with Gasteiger partial charge in [0.15, 0.2) is 5.65 Å². The van der Waals surface area contributed by atoms with E-state index in [9.17, 15) is 9.59 Å². The predicted octanol–water partition coefficient (Wildman–Crippen LogP) is 2.53. The molecular formula is C20H29N5O2. The Bertz CT molecular complexity index is 907. The number of hydrogen-bond donors (Lipinski definition) is 1. The van der Waals surface area contributed by atoms with Gasteiger partial charge in [0, 0.05) is 31.2 Å². The number of rotatable bonds is 3. The summed E-state index contributed by atoms with van der Waals surface area (Å²) in [6, 6.07) is 1.67. The average Bonchev–Trinajstić information content (AvgIpc) is 3.06. The molecule has 1 N–H and O–H groups in total. The monoisotopic (exact) mass is 371 g/mol. The fourth-order valence-electron chi connectivity index (χ4n) is 3.65. The van der Waals surface area contributed by atoms with Crippen LogP contribution in [-0.2, 0) is 11.8 Å². The van der Waals surface area contributed by atoms with E-state index < -0.39 is 0 Å². The summed E-state index contributed by atoms with van der Waals surface area (Å²) in [5, 5.41) is 8.26. The lowest BCUT2D eigenvalue weighted by molar-refractivity contribution is -0.131. The number of carbonyl (C=O) groups is 2. The standard InChI is InChI=1S/C20H29N5O2/c1-11(2)15-9-14(17-12(3)23-24(7)18(17)22-15)19(27)21-13-8-16(26)25(10-13)20(4,5)6/h9,11,13H,8,10H2,1-7H3,(H,21,27). The molecular weight excluding hydrogens is 342 g/mol. The van der Waals surface area contributed by atoms with Gasteiger partial charge in [0.05, 0.1) is 22.7 Å². The first-order chi connectivity index (χ1) is 12.5. The van der Waals surface area contributed by atoms with Gasteiger partial charge in [-0.3, -0.25) is 14.3 Å². The summed E-state index contributed by atoms with van der Waals surface area (Å²) in [6.07, 6.45) is 0.334. The summed E-state index contributed by atoms with van der Waals surface area (Å²) in [6.45, 7) is 12.5. The van der Waals surface area contributed by atoms with Crippen LogP contribution in [-0.4, -0.2) is 49.6 Å². The second-order valence-corrected chi connectivity index (χ2v) is 8.71. The molecule has 0 radical (unpaired) electrons. The maximum absolute atomic E-state index is 13.1. The third-order valence-electron chi connectivity index (χ3n) is 5.09. The maximum Gasteiger partial charge on any atom is 0.252 e. The number of pyridine rings is 1. The highest BCUT2D eigenvalue weighted by Gasteiger charge is 2.37. The van der Waals surface area contributed by atoms with Crippen LogP contribution in [0, 0.1) is 6.92 Å². The first-order valence-electron chi connectivity index (χ1n) is 9.44. The van der Waals surface area contributed by atoms with Gasteiger partial charge in [-0.2, -0.15) is 5.10 Å². The first kappa shape index (κ1) is 19.3. The fourth-order valence-corrected chi connectivity index (χ4v) is 3.65. The Morgan fingerprint density at radius 3 is 2.56 bits per heavy atom. The van der Waals surface area contributed by atoms with Crippen molar-refractivity contribution in [3.8, 4) is 0 Å². The van der Waals surface area contributed by atoms with Gasteiger partial charge in [-0.25, -0.2) is 4.98 Å². The SMILES string of the molecule is Cc1nn(C)c2nc(C(C)C)cc(C(=O)NC3CC(=O)N(C(C)(C)C)C3)c12. The third-order valence-corrected chi connectivity index (χ3v) is 5.09. The Morgan fingerprint density at radius 1 is 1.33 bits per heavy atom. The van der Waals surface area contributed by atoms with Crippen molar-refractivity contribution < 1.29 is 9.59 Å². The van der Waals surface area contributed by atoms with Gasteiger partial charge in [0.1, 0.15) is 0 Å². The summed E-state index contributed by atoms with van der Waals surface area (Å²) < 4.78 is 1.72. The number of likely N-dealkylation sites (tertiary alicyclic amines) is 1. The number of nitrogens with one attached hydrogen (secondary N) is 1. The quantitative estimate of drug-likeness (QED) is 0.899. The summed E-state index contributed by atoms with van der Waals surface area (Å²) in [5.41, 5.74) is 2.68. The topological polar surface area (TPSA) is 80.1 Å². The van der Waals surface area contributed by atoms with Crippen LogP contribution in [0.2, 0.25) is 0 Å².